The fourth-order valence-corrected chi connectivity index (χ4v) is 4.34. The van der Waals surface area contributed by atoms with Crippen LogP contribution in [0.1, 0.15) is 19.4 Å². The minimum Gasteiger partial charge on any atom is -0.755 e. The first kappa shape index (κ1) is 29.6. The van der Waals surface area contributed by atoms with Crippen molar-refractivity contribution in [3.05, 3.63) is 110 Å². The third-order valence-corrected chi connectivity index (χ3v) is 6.55. The van der Waals surface area contributed by atoms with Crippen LogP contribution < -0.4 is 26.0 Å². The van der Waals surface area contributed by atoms with E-state index in [1.807, 2.05) is 0 Å². The molecule has 4 rings (SSSR count). The van der Waals surface area contributed by atoms with Crippen molar-refractivity contribution >= 4 is 40.3 Å². The monoisotopic (exact) mass is 600 g/mol. The van der Waals surface area contributed by atoms with E-state index in [0.29, 0.717) is 22.0 Å². The molecule has 0 fully saturated rings. The Kier molecular flexibility index (Phi) is 9.01. The van der Waals surface area contributed by atoms with E-state index in [1.165, 1.54) is 42.8 Å². The summed E-state index contributed by atoms with van der Waals surface area (Å²) in [6.45, 7) is 2.48. The van der Waals surface area contributed by atoms with Gasteiger partial charge in [0, 0.05) is 40.8 Å². The third-order valence-electron chi connectivity index (χ3n) is 5.94. The molecule has 1 atom stereocenters. The number of carbonyl (C=O) groups excluding carboxylic acids is 1. The number of benzene rings is 2. The van der Waals surface area contributed by atoms with Crippen LogP contribution in [0.4, 0.5) is 15.9 Å². The fourth-order valence-electron chi connectivity index (χ4n) is 3.78. The Labute approximate surface area is 241 Å². The maximum atomic E-state index is 13.9. The van der Waals surface area contributed by atoms with Gasteiger partial charge in [0.05, 0.1) is 12.0 Å². The number of rotatable bonds is 10. The highest BCUT2D eigenvalue weighted by Crippen LogP contribution is 2.25. The first-order chi connectivity index (χ1) is 19.4. The Bertz CT molecular complexity index is 1710. The first-order valence-corrected chi connectivity index (χ1v) is 13.5. The van der Waals surface area contributed by atoms with Gasteiger partial charge in [-0.05, 0) is 67.9 Å². The molecule has 0 radical (unpaired) electrons. The summed E-state index contributed by atoms with van der Waals surface area (Å²) in [5.74, 6) is -1.23. The van der Waals surface area contributed by atoms with E-state index in [4.69, 9.17) is 16.3 Å². The lowest BCUT2D eigenvalue weighted by molar-refractivity contribution is -0.128. The van der Waals surface area contributed by atoms with Gasteiger partial charge in [-0.1, -0.05) is 23.7 Å². The molecule has 0 aliphatic rings. The largest absolute Gasteiger partial charge is 0.755 e. The number of aromatic nitrogens is 3. The van der Waals surface area contributed by atoms with Crippen molar-refractivity contribution in [2.75, 3.05) is 5.32 Å². The van der Waals surface area contributed by atoms with Crippen LogP contribution in [0.25, 0.3) is 0 Å². The fraction of sp³-hybridized carbons (Fsp3) is 0.185. The Morgan fingerprint density at radius 3 is 2.41 bits per heavy atom. The van der Waals surface area contributed by atoms with Gasteiger partial charge in [-0.15, -0.1) is 0 Å². The third kappa shape index (κ3) is 7.45. The molecule has 41 heavy (non-hydrogen) atoms. The molecule has 0 aliphatic heterocycles. The first-order valence-electron chi connectivity index (χ1n) is 12.1. The molecule has 0 spiro atoms. The summed E-state index contributed by atoms with van der Waals surface area (Å²) in [5, 5.41) is 3.55. The molecule has 1 unspecified atom stereocenters. The van der Waals surface area contributed by atoms with Gasteiger partial charge < -0.3 is 14.6 Å². The molecular weight excluding hydrogens is 577 g/mol. The second kappa shape index (κ2) is 12.5. The van der Waals surface area contributed by atoms with Crippen LogP contribution in [0.2, 0.25) is 5.02 Å². The van der Waals surface area contributed by atoms with E-state index in [1.54, 1.807) is 53.3 Å². The van der Waals surface area contributed by atoms with Crippen LogP contribution in [0.3, 0.4) is 0 Å². The van der Waals surface area contributed by atoms with E-state index in [9.17, 15) is 27.5 Å². The Morgan fingerprint density at radius 2 is 1.78 bits per heavy atom. The lowest BCUT2D eigenvalue weighted by atomic mass is 9.92. The van der Waals surface area contributed by atoms with Gasteiger partial charge in [0.15, 0.2) is 5.82 Å². The summed E-state index contributed by atoms with van der Waals surface area (Å²) in [5.41, 5.74) is -1.68. The summed E-state index contributed by atoms with van der Waals surface area (Å²) in [6.07, 6.45) is 1.40. The maximum absolute atomic E-state index is 13.9. The lowest BCUT2D eigenvalue weighted by Gasteiger charge is -2.25. The molecule has 1 amide bonds. The topological polar surface area (TPSA) is 147 Å². The van der Waals surface area contributed by atoms with E-state index in [0.717, 1.165) is 4.57 Å². The van der Waals surface area contributed by atoms with Gasteiger partial charge in [-0.2, -0.15) is 0 Å². The molecule has 214 valence electrons. The number of ether oxygens (including phenoxy) is 1. The van der Waals surface area contributed by atoms with E-state index in [2.05, 4.69) is 10.3 Å². The van der Waals surface area contributed by atoms with Crippen LogP contribution in [0.15, 0.2) is 82.5 Å². The summed E-state index contributed by atoms with van der Waals surface area (Å²) >= 11 is 3.14. The molecule has 11 nitrogen and oxygen atoms in total. The Hall–Kier alpha value is -4.33. The van der Waals surface area contributed by atoms with Crippen molar-refractivity contribution in [2.45, 2.75) is 26.9 Å². The molecular formula is C27H24ClFN5O6S-. The van der Waals surface area contributed by atoms with Crippen molar-refractivity contribution in [1.29, 1.82) is 0 Å². The lowest BCUT2D eigenvalue weighted by Crippen LogP contribution is -2.47. The zero-order valence-corrected chi connectivity index (χ0v) is 23.4. The SMILES string of the molecule is CC(C)(Cn1c(=O)cc(Nc2ccc(Oc3ncccc3F)cc2)n(Cc2ccc(Cl)cc2)c1=O)C(=O)NS(=O)[O-]. The van der Waals surface area contributed by atoms with Gasteiger partial charge in [0.25, 0.3) is 11.4 Å². The molecule has 0 aliphatic carbocycles. The van der Waals surface area contributed by atoms with Gasteiger partial charge in [-0.3, -0.25) is 27.7 Å². The van der Waals surface area contributed by atoms with Gasteiger partial charge in [0.2, 0.25) is 5.91 Å². The summed E-state index contributed by atoms with van der Waals surface area (Å²) in [6, 6.07) is 16.9. The van der Waals surface area contributed by atoms with Crippen LogP contribution in [0.5, 0.6) is 11.6 Å². The highest BCUT2D eigenvalue weighted by Gasteiger charge is 2.30. The van der Waals surface area contributed by atoms with Crippen molar-refractivity contribution in [2.24, 2.45) is 5.41 Å². The van der Waals surface area contributed by atoms with Crippen molar-refractivity contribution in [1.82, 2.24) is 18.8 Å². The zero-order valence-electron chi connectivity index (χ0n) is 21.8. The van der Waals surface area contributed by atoms with Gasteiger partial charge >= 0.3 is 5.69 Å². The number of nitrogens with one attached hydrogen (secondary N) is 2. The number of amides is 1. The molecule has 0 bridgehead atoms. The highest BCUT2D eigenvalue weighted by atomic mass is 35.5. The Balaban J connectivity index is 1.68. The molecule has 2 heterocycles. The second-order valence-electron chi connectivity index (χ2n) is 9.54. The normalized spacial score (nSPS) is 12.0. The molecule has 2 N–H and O–H groups in total. The second-order valence-corrected chi connectivity index (χ2v) is 10.7. The summed E-state index contributed by atoms with van der Waals surface area (Å²) in [4.78, 5) is 43.0. The van der Waals surface area contributed by atoms with E-state index >= 15 is 0 Å². The van der Waals surface area contributed by atoms with E-state index in [-0.39, 0.29) is 24.8 Å². The average Bonchev–Trinajstić information content (AvgIpc) is 2.92. The highest BCUT2D eigenvalue weighted by molar-refractivity contribution is 7.77. The predicted molar refractivity (Wildman–Crippen MR) is 150 cm³/mol. The number of anilines is 2. The smallest absolute Gasteiger partial charge is 0.332 e. The summed E-state index contributed by atoms with van der Waals surface area (Å²) < 4.78 is 45.2. The van der Waals surface area contributed by atoms with E-state index < -0.39 is 39.7 Å². The molecule has 14 heteroatoms. The standard InChI is InChI=1S/C27H25ClFN5O6S/c1-27(2,25(36)32-41(38)39)16-34-23(35)14-22(33(26(34)37)15-17-5-7-18(28)8-6-17)31-19-9-11-20(12-10-19)40-24-21(29)4-3-13-30-24/h3-14,31H,15-16H2,1-2H3,(H,32,36)(H,38,39)/p-1. The van der Waals surface area contributed by atoms with Gasteiger partial charge in [0.1, 0.15) is 11.6 Å². The van der Waals surface area contributed by atoms with Gasteiger partial charge in [-0.25, -0.2) is 14.2 Å². The predicted octanol–water partition coefficient (Wildman–Crippen LogP) is 3.72. The average molecular weight is 601 g/mol. The zero-order chi connectivity index (χ0) is 29.7. The number of nitrogens with zero attached hydrogens (tertiary/aromatic N) is 3. The molecule has 0 saturated carbocycles. The molecule has 2 aromatic carbocycles. The molecule has 0 saturated heterocycles. The maximum Gasteiger partial charge on any atom is 0.332 e. The van der Waals surface area contributed by atoms with Crippen molar-refractivity contribution in [3.63, 3.8) is 0 Å². The molecule has 4 aromatic rings. The summed E-state index contributed by atoms with van der Waals surface area (Å²) in [7, 11) is 0. The number of pyridine rings is 1. The number of hydrogen-bond donors (Lipinski definition) is 2. The number of halogens is 2. The Morgan fingerprint density at radius 1 is 1.10 bits per heavy atom. The minimum absolute atomic E-state index is 0.0377. The van der Waals surface area contributed by atoms with Crippen molar-refractivity contribution < 1.29 is 22.7 Å². The van der Waals surface area contributed by atoms with Crippen molar-refractivity contribution in [3.8, 4) is 11.6 Å². The van der Waals surface area contributed by atoms with Crippen LogP contribution in [0, 0.1) is 11.2 Å². The minimum atomic E-state index is -2.86. The van der Waals surface area contributed by atoms with Crippen LogP contribution in [-0.2, 0) is 29.2 Å². The number of hydrogen-bond acceptors (Lipinski definition) is 8. The number of carbonyl (C=O) groups is 1. The quantitative estimate of drug-likeness (QED) is 0.262. The van der Waals surface area contributed by atoms with Crippen LogP contribution in [-0.4, -0.2) is 28.8 Å². The van der Waals surface area contributed by atoms with Crippen LogP contribution >= 0.6 is 11.6 Å². The molecule has 2 aromatic heterocycles.